The summed E-state index contributed by atoms with van der Waals surface area (Å²) in [5.74, 6) is 1.91. The molecule has 2 aromatic carbocycles. The number of phenolic OH excluding ortho intramolecular Hbond substituents is 1. The van der Waals surface area contributed by atoms with E-state index in [0.717, 1.165) is 23.6 Å². The van der Waals surface area contributed by atoms with Crippen LogP contribution >= 0.6 is 11.8 Å². The number of carbonyl (C=O) groups excluding carboxylic acids is 2. The summed E-state index contributed by atoms with van der Waals surface area (Å²) in [4.78, 5) is 30.0. The monoisotopic (exact) mass is 454 g/mol. The maximum absolute atomic E-state index is 13.4. The molecule has 0 aromatic heterocycles. The van der Waals surface area contributed by atoms with Crippen LogP contribution in [0.5, 0.6) is 5.75 Å². The fourth-order valence-corrected chi connectivity index (χ4v) is 5.19. The number of aromatic hydroxyl groups is 1. The average molecular weight is 455 g/mol. The Morgan fingerprint density at radius 1 is 1.06 bits per heavy atom. The number of benzene rings is 2. The molecule has 32 heavy (non-hydrogen) atoms. The highest BCUT2D eigenvalue weighted by Crippen LogP contribution is 2.24. The van der Waals surface area contributed by atoms with E-state index in [1.807, 2.05) is 58.9 Å². The first-order valence-electron chi connectivity index (χ1n) is 11.1. The van der Waals surface area contributed by atoms with Crippen LogP contribution < -0.4 is 5.43 Å². The van der Waals surface area contributed by atoms with Crippen molar-refractivity contribution >= 4 is 23.6 Å². The van der Waals surface area contributed by atoms with Gasteiger partial charge in [-0.05, 0) is 23.3 Å². The van der Waals surface area contributed by atoms with Crippen molar-refractivity contribution < 1.29 is 14.7 Å². The van der Waals surface area contributed by atoms with Gasteiger partial charge in [-0.25, -0.2) is 10.4 Å². The summed E-state index contributed by atoms with van der Waals surface area (Å²) in [6.45, 7) is 4.13. The van der Waals surface area contributed by atoms with Gasteiger partial charge < -0.3 is 14.9 Å². The molecule has 0 radical (unpaired) electrons. The summed E-state index contributed by atoms with van der Waals surface area (Å²) in [6, 6.07) is 16.6. The zero-order valence-corrected chi connectivity index (χ0v) is 19.1. The SMILES string of the molecule is CCN1CC(=O)N2[C@H](CN(CCSCc3ccccc3)C(=O)[C@@H]2Cc2ccc(O)cc2)N1. The third kappa shape index (κ3) is 5.26. The highest BCUT2D eigenvalue weighted by Gasteiger charge is 2.45. The minimum atomic E-state index is -0.545. The minimum absolute atomic E-state index is 0.00488. The number of nitrogens with one attached hydrogen (secondary N) is 1. The number of phenols is 1. The van der Waals surface area contributed by atoms with Gasteiger partial charge in [-0.1, -0.05) is 49.4 Å². The lowest BCUT2D eigenvalue weighted by molar-refractivity contribution is -0.167. The zero-order chi connectivity index (χ0) is 22.5. The van der Waals surface area contributed by atoms with Crippen LogP contribution in [0.15, 0.2) is 54.6 Å². The lowest BCUT2D eigenvalue weighted by atomic mass is 9.99. The van der Waals surface area contributed by atoms with Gasteiger partial charge in [0, 0.05) is 31.0 Å². The molecule has 0 saturated carbocycles. The number of hydrazine groups is 1. The van der Waals surface area contributed by atoms with Crippen LogP contribution in [0.2, 0.25) is 0 Å². The van der Waals surface area contributed by atoms with Gasteiger partial charge in [0.25, 0.3) is 0 Å². The second-order valence-electron chi connectivity index (χ2n) is 8.17. The number of hydrogen-bond acceptors (Lipinski definition) is 6. The van der Waals surface area contributed by atoms with Gasteiger partial charge in [0.1, 0.15) is 18.0 Å². The maximum atomic E-state index is 13.4. The Labute approximate surface area is 193 Å². The van der Waals surface area contributed by atoms with Crippen LogP contribution in [0.25, 0.3) is 0 Å². The number of piperazine rings is 1. The zero-order valence-electron chi connectivity index (χ0n) is 18.3. The second-order valence-corrected chi connectivity index (χ2v) is 9.27. The number of fused-ring (bicyclic) bond motifs is 1. The predicted molar refractivity (Wildman–Crippen MR) is 126 cm³/mol. The fourth-order valence-electron chi connectivity index (χ4n) is 4.27. The Morgan fingerprint density at radius 2 is 1.81 bits per heavy atom. The van der Waals surface area contributed by atoms with Crippen LogP contribution in [0.3, 0.4) is 0 Å². The van der Waals surface area contributed by atoms with Gasteiger partial charge in [-0.3, -0.25) is 9.59 Å². The lowest BCUT2D eigenvalue weighted by Gasteiger charge is -2.50. The normalized spacial score (nSPS) is 21.7. The van der Waals surface area contributed by atoms with Crippen molar-refractivity contribution in [2.75, 3.05) is 31.9 Å². The molecule has 8 heteroatoms. The molecule has 2 N–H and O–H groups in total. The molecule has 0 unspecified atom stereocenters. The van der Waals surface area contributed by atoms with Crippen LogP contribution in [0, 0.1) is 0 Å². The molecular weight excluding hydrogens is 424 g/mol. The molecule has 2 aromatic rings. The topological polar surface area (TPSA) is 76.1 Å². The number of likely N-dealkylation sites (N-methyl/N-ethyl adjacent to an activating group) is 1. The van der Waals surface area contributed by atoms with Crippen LogP contribution in [-0.2, 0) is 21.8 Å². The summed E-state index contributed by atoms with van der Waals surface area (Å²) < 4.78 is 0. The van der Waals surface area contributed by atoms with Crippen molar-refractivity contribution in [2.45, 2.75) is 31.3 Å². The smallest absolute Gasteiger partial charge is 0.245 e. The van der Waals surface area contributed by atoms with E-state index in [0.29, 0.717) is 19.5 Å². The summed E-state index contributed by atoms with van der Waals surface area (Å²) in [5, 5.41) is 11.5. The first-order valence-corrected chi connectivity index (χ1v) is 12.2. The molecule has 2 saturated heterocycles. The molecule has 0 aliphatic carbocycles. The summed E-state index contributed by atoms with van der Waals surface area (Å²) in [6.07, 6.45) is 0.207. The van der Waals surface area contributed by atoms with Crippen LogP contribution in [0.4, 0.5) is 0 Å². The highest BCUT2D eigenvalue weighted by atomic mass is 32.2. The van der Waals surface area contributed by atoms with E-state index in [2.05, 4.69) is 17.6 Å². The third-order valence-electron chi connectivity index (χ3n) is 5.97. The molecule has 2 fully saturated rings. The molecule has 2 aliphatic rings. The number of amides is 2. The molecule has 4 rings (SSSR count). The van der Waals surface area contributed by atoms with E-state index in [1.54, 1.807) is 17.0 Å². The van der Waals surface area contributed by atoms with E-state index < -0.39 is 6.04 Å². The van der Waals surface area contributed by atoms with Crippen molar-refractivity contribution in [3.8, 4) is 5.75 Å². The van der Waals surface area contributed by atoms with Gasteiger partial charge in [0.05, 0.1) is 13.1 Å². The molecule has 2 amide bonds. The lowest BCUT2D eigenvalue weighted by Crippen LogP contribution is -2.74. The number of rotatable bonds is 8. The van der Waals surface area contributed by atoms with Gasteiger partial charge in [0.2, 0.25) is 11.8 Å². The van der Waals surface area contributed by atoms with E-state index in [1.165, 1.54) is 5.56 Å². The largest absolute Gasteiger partial charge is 0.508 e. The molecule has 2 aliphatic heterocycles. The Kier molecular flexibility index (Phi) is 7.34. The van der Waals surface area contributed by atoms with Gasteiger partial charge in [0.15, 0.2) is 0 Å². The van der Waals surface area contributed by atoms with Crippen molar-refractivity contribution in [3.63, 3.8) is 0 Å². The number of hydrogen-bond donors (Lipinski definition) is 2. The fraction of sp³-hybridized carbons (Fsp3) is 0.417. The highest BCUT2D eigenvalue weighted by molar-refractivity contribution is 7.98. The van der Waals surface area contributed by atoms with Crippen LogP contribution in [-0.4, -0.2) is 75.9 Å². The van der Waals surface area contributed by atoms with E-state index >= 15 is 0 Å². The third-order valence-corrected chi connectivity index (χ3v) is 6.98. The van der Waals surface area contributed by atoms with E-state index in [9.17, 15) is 14.7 Å². The molecule has 2 atom stereocenters. The predicted octanol–water partition coefficient (Wildman–Crippen LogP) is 2.07. The van der Waals surface area contributed by atoms with E-state index in [4.69, 9.17) is 0 Å². The second kappa shape index (κ2) is 10.4. The molecule has 170 valence electrons. The van der Waals surface area contributed by atoms with Gasteiger partial charge >= 0.3 is 0 Å². The minimum Gasteiger partial charge on any atom is -0.508 e. The first kappa shape index (κ1) is 22.6. The quantitative estimate of drug-likeness (QED) is 0.595. The number of thioether (sulfide) groups is 1. The molecular formula is C24H30N4O3S. The van der Waals surface area contributed by atoms with Crippen molar-refractivity contribution in [3.05, 3.63) is 65.7 Å². The molecule has 0 bridgehead atoms. The molecule has 0 spiro atoms. The average Bonchev–Trinajstić information content (AvgIpc) is 2.80. The maximum Gasteiger partial charge on any atom is 0.245 e. The van der Waals surface area contributed by atoms with Crippen LogP contribution in [0.1, 0.15) is 18.1 Å². The molecule has 7 nitrogen and oxygen atoms in total. The van der Waals surface area contributed by atoms with Crippen molar-refractivity contribution in [1.29, 1.82) is 0 Å². The van der Waals surface area contributed by atoms with Crippen molar-refractivity contribution in [2.24, 2.45) is 0 Å². The van der Waals surface area contributed by atoms with Crippen molar-refractivity contribution in [1.82, 2.24) is 20.2 Å². The summed E-state index contributed by atoms with van der Waals surface area (Å²) >= 11 is 1.81. The van der Waals surface area contributed by atoms with Gasteiger partial charge in [-0.15, -0.1) is 0 Å². The Balaban J connectivity index is 1.45. The summed E-state index contributed by atoms with van der Waals surface area (Å²) in [5.41, 5.74) is 5.62. The standard InChI is InChI=1S/C24H30N4O3S/c1-2-27-16-23(30)28-21(14-18-8-10-20(29)11-9-18)24(31)26(15-22(28)25-27)12-13-32-17-19-6-4-3-5-7-19/h3-11,21-22,25,29H,2,12-17H2,1H3/t21-,22+/m0/s1. The van der Waals surface area contributed by atoms with Gasteiger partial charge in [-0.2, -0.15) is 11.8 Å². The Morgan fingerprint density at radius 3 is 2.53 bits per heavy atom. The Hall–Kier alpha value is -2.55. The summed E-state index contributed by atoms with van der Waals surface area (Å²) in [7, 11) is 0. The Bertz CT molecular complexity index is 925. The number of nitrogens with zero attached hydrogens (tertiary/aromatic N) is 3. The van der Waals surface area contributed by atoms with E-state index in [-0.39, 0.29) is 30.3 Å². The first-order chi connectivity index (χ1) is 15.5. The molecule has 2 heterocycles. The number of carbonyl (C=O) groups is 2.